The van der Waals surface area contributed by atoms with E-state index in [0.29, 0.717) is 22.6 Å². The smallest absolute Gasteiger partial charge is 0.262 e. The second-order valence-corrected chi connectivity index (χ2v) is 7.82. The Morgan fingerprint density at radius 3 is 2.29 bits per heavy atom. The fraction of sp³-hybridized carbons (Fsp3) is 0.125. The van der Waals surface area contributed by atoms with Crippen molar-refractivity contribution in [1.82, 2.24) is 15.0 Å². The van der Waals surface area contributed by atoms with Gasteiger partial charge >= 0.3 is 0 Å². The third-order valence-electron chi connectivity index (χ3n) is 4.61. The van der Waals surface area contributed by atoms with Crippen molar-refractivity contribution < 1.29 is 9.63 Å². The lowest BCUT2D eigenvalue weighted by Crippen LogP contribution is -2.27. The predicted octanol–water partition coefficient (Wildman–Crippen LogP) is 3.78. The highest BCUT2D eigenvalue weighted by Crippen LogP contribution is 2.19. The van der Waals surface area contributed by atoms with E-state index in [4.69, 9.17) is 4.84 Å². The van der Waals surface area contributed by atoms with Crippen molar-refractivity contribution in [2.24, 2.45) is 0 Å². The maximum absolute atomic E-state index is 13.1. The summed E-state index contributed by atoms with van der Waals surface area (Å²) in [7, 11) is 0. The fourth-order valence-electron chi connectivity index (χ4n) is 3.10. The van der Waals surface area contributed by atoms with Gasteiger partial charge in [-0.15, -0.1) is 0 Å². The number of fused-ring (bicyclic) bond motifs is 1. The van der Waals surface area contributed by atoms with E-state index in [-0.39, 0.29) is 23.8 Å². The van der Waals surface area contributed by atoms with Gasteiger partial charge in [0.15, 0.2) is 5.16 Å². The minimum Gasteiger partial charge on any atom is -0.283 e. The molecule has 0 aliphatic carbocycles. The summed E-state index contributed by atoms with van der Waals surface area (Å²) in [6.45, 7) is 0.663. The molecule has 1 heterocycles. The lowest BCUT2D eigenvalue weighted by atomic mass is 10.2. The average Bonchev–Trinajstić information content (AvgIpc) is 2.81. The molecule has 0 atom stereocenters. The second-order valence-electron chi connectivity index (χ2n) is 6.88. The monoisotopic (exact) mass is 431 g/mol. The summed E-state index contributed by atoms with van der Waals surface area (Å²) in [4.78, 5) is 35.3. The molecule has 0 radical (unpaired) electrons. The second kappa shape index (κ2) is 10.1. The Hall–Kier alpha value is -3.42. The molecule has 4 rings (SSSR count). The van der Waals surface area contributed by atoms with Crippen LogP contribution in [-0.4, -0.2) is 21.2 Å². The van der Waals surface area contributed by atoms with Crippen molar-refractivity contribution in [2.45, 2.75) is 18.3 Å². The van der Waals surface area contributed by atoms with E-state index in [2.05, 4.69) is 10.5 Å². The Kier molecular flexibility index (Phi) is 6.76. The fourth-order valence-corrected chi connectivity index (χ4v) is 3.88. The molecule has 31 heavy (non-hydrogen) atoms. The number of amides is 1. The van der Waals surface area contributed by atoms with Gasteiger partial charge in [-0.3, -0.25) is 19.0 Å². The number of carbonyl (C=O) groups excluding carboxylic acids is 1. The Bertz CT molecular complexity index is 1230. The lowest BCUT2D eigenvalue weighted by Gasteiger charge is -2.13. The van der Waals surface area contributed by atoms with Crippen LogP contribution in [0.15, 0.2) is 94.9 Å². The van der Waals surface area contributed by atoms with E-state index in [0.717, 1.165) is 11.1 Å². The van der Waals surface area contributed by atoms with Crippen molar-refractivity contribution in [1.29, 1.82) is 0 Å². The van der Waals surface area contributed by atoms with Crippen molar-refractivity contribution >= 4 is 28.6 Å². The largest absolute Gasteiger partial charge is 0.283 e. The first-order valence-electron chi connectivity index (χ1n) is 9.81. The number of para-hydroxylation sites is 1. The summed E-state index contributed by atoms with van der Waals surface area (Å²) in [6, 6.07) is 26.5. The standard InChI is InChI=1S/C24H21N3O3S/c28-22(26-30-16-19-11-5-2-6-12-19)17-31-24-25-21-14-8-7-13-20(21)23(29)27(24)15-18-9-3-1-4-10-18/h1-14H,15-17H2,(H,26,28). The zero-order valence-electron chi connectivity index (χ0n) is 16.7. The van der Waals surface area contributed by atoms with E-state index in [1.807, 2.05) is 72.8 Å². The van der Waals surface area contributed by atoms with Gasteiger partial charge in [0.2, 0.25) is 0 Å². The van der Waals surface area contributed by atoms with Crippen molar-refractivity contribution in [3.8, 4) is 0 Å². The number of hydroxylamine groups is 1. The highest BCUT2D eigenvalue weighted by atomic mass is 32.2. The molecule has 0 saturated carbocycles. The van der Waals surface area contributed by atoms with Gasteiger partial charge in [0.05, 0.1) is 29.8 Å². The van der Waals surface area contributed by atoms with E-state index in [1.165, 1.54) is 11.8 Å². The van der Waals surface area contributed by atoms with E-state index >= 15 is 0 Å². The van der Waals surface area contributed by atoms with Crippen molar-refractivity contribution in [2.75, 3.05) is 5.75 Å². The Balaban J connectivity index is 1.48. The Morgan fingerprint density at radius 1 is 0.903 bits per heavy atom. The summed E-state index contributed by atoms with van der Waals surface area (Å²) >= 11 is 1.21. The van der Waals surface area contributed by atoms with Crippen LogP contribution in [0.2, 0.25) is 0 Å². The quantitative estimate of drug-likeness (QED) is 0.261. The number of rotatable bonds is 8. The molecule has 0 unspecified atom stereocenters. The van der Waals surface area contributed by atoms with Crippen LogP contribution < -0.4 is 11.0 Å². The highest BCUT2D eigenvalue weighted by molar-refractivity contribution is 7.99. The first-order valence-corrected chi connectivity index (χ1v) is 10.8. The van der Waals surface area contributed by atoms with Crippen LogP contribution in [0.1, 0.15) is 11.1 Å². The average molecular weight is 432 g/mol. The molecule has 0 aliphatic heterocycles. The van der Waals surface area contributed by atoms with Crippen LogP contribution in [-0.2, 0) is 22.8 Å². The van der Waals surface area contributed by atoms with Gasteiger partial charge in [-0.25, -0.2) is 10.5 Å². The molecular formula is C24H21N3O3S. The lowest BCUT2D eigenvalue weighted by molar-refractivity contribution is -0.131. The molecule has 4 aromatic rings. The Labute approximate surface area is 183 Å². The minimum atomic E-state index is -0.297. The van der Waals surface area contributed by atoms with E-state index < -0.39 is 0 Å². The number of aromatic nitrogens is 2. The molecule has 3 aromatic carbocycles. The normalized spacial score (nSPS) is 10.8. The SMILES string of the molecule is O=C(CSc1nc2ccccc2c(=O)n1Cc1ccccc1)NOCc1ccccc1. The third kappa shape index (κ3) is 5.39. The van der Waals surface area contributed by atoms with Crippen LogP contribution in [0.3, 0.4) is 0 Å². The first kappa shape index (κ1) is 20.8. The molecule has 0 spiro atoms. The van der Waals surface area contributed by atoms with Crippen LogP contribution in [0.5, 0.6) is 0 Å². The summed E-state index contributed by atoms with van der Waals surface area (Å²) in [5.74, 6) is -0.219. The van der Waals surface area contributed by atoms with Gasteiger partial charge in [0.1, 0.15) is 0 Å². The molecule has 1 aromatic heterocycles. The number of benzene rings is 3. The van der Waals surface area contributed by atoms with Gasteiger partial charge in [-0.1, -0.05) is 84.6 Å². The molecule has 0 aliphatic rings. The molecule has 0 bridgehead atoms. The van der Waals surface area contributed by atoms with Gasteiger partial charge in [0, 0.05) is 0 Å². The van der Waals surface area contributed by atoms with Crippen molar-refractivity contribution in [3.63, 3.8) is 0 Å². The molecule has 0 fully saturated rings. The molecule has 1 amide bonds. The maximum atomic E-state index is 13.1. The van der Waals surface area contributed by atoms with Gasteiger partial charge in [0.25, 0.3) is 11.5 Å². The van der Waals surface area contributed by atoms with Crippen LogP contribution in [0, 0.1) is 0 Å². The molecular weight excluding hydrogens is 410 g/mol. The van der Waals surface area contributed by atoms with Gasteiger partial charge in [-0.05, 0) is 23.3 Å². The molecule has 6 nitrogen and oxygen atoms in total. The Morgan fingerprint density at radius 2 is 1.55 bits per heavy atom. The zero-order valence-corrected chi connectivity index (χ0v) is 17.5. The van der Waals surface area contributed by atoms with Crippen LogP contribution >= 0.6 is 11.8 Å². The van der Waals surface area contributed by atoms with Crippen molar-refractivity contribution in [3.05, 3.63) is 106 Å². The highest BCUT2D eigenvalue weighted by Gasteiger charge is 2.14. The third-order valence-corrected chi connectivity index (χ3v) is 5.59. The number of nitrogens with zero attached hydrogens (tertiary/aromatic N) is 2. The number of nitrogens with one attached hydrogen (secondary N) is 1. The number of thioether (sulfide) groups is 1. The van der Waals surface area contributed by atoms with E-state index in [1.54, 1.807) is 16.7 Å². The zero-order chi connectivity index (χ0) is 21.5. The van der Waals surface area contributed by atoms with E-state index in [9.17, 15) is 9.59 Å². The number of hydrogen-bond acceptors (Lipinski definition) is 5. The summed E-state index contributed by atoms with van der Waals surface area (Å²) in [5, 5.41) is 1.05. The summed E-state index contributed by atoms with van der Waals surface area (Å²) in [6.07, 6.45) is 0. The number of carbonyl (C=O) groups is 1. The molecule has 0 saturated heterocycles. The number of hydrogen-bond donors (Lipinski definition) is 1. The van der Waals surface area contributed by atoms with Crippen LogP contribution in [0.25, 0.3) is 10.9 Å². The minimum absolute atomic E-state index is 0.0777. The summed E-state index contributed by atoms with van der Waals surface area (Å²) < 4.78 is 1.61. The summed E-state index contributed by atoms with van der Waals surface area (Å²) in [5.41, 5.74) is 4.88. The first-order chi connectivity index (χ1) is 15.2. The topological polar surface area (TPSA) is 73.2 Å². The van der Waals surface area contributed by atoms with Crippen LogP contribution in [0.4, 0.5) is 0 Å². The van der Waals surface area contributed by atoms with Gasteiger partial charge < -0.3 is 0 Å². The molecule has 1 N–H and O–H groups in total. The molecule has 7 heteroatoms. The maximum Gasteiger partial charge on any atom is 0.262 e. The molecule has 156 valence electrons. The predicted molar refractivity (Wildman–Crippen MR) is 122 cm³/mol. The van der Waals surface area contributed by atoms with Gasteiger partial charge in [-0.2, -0.15) is 0 Å².